The molecule has 0 saturated heterocycles. The van der Waals surface area contributed by atoms with Crippen molar-refractivity contribution in [3.8, 4) is 5.69 Å². The number of halogens is 1. The molecule has 2 amide bonds. The van der Waals surface area contributed by atoms with Crippen molar-refractivity contribution in [2.75, 3.05) is 6.54 Å². The predicted octanol–water partition coefficient (Wildman–Crippen LogP) is 3.18. The van der Waals surface area contributed by atoms with E-state index in [1.807, 2.05) is 27.7 Å². The van der Waals surface area contributed by atoms with Crippen LogP contribution in [0.2, 0.25) is 0 Å². The van der Waals surface area contributed by atoms with Gasteiger partial charge >= 0.3 is 0 Å². The van der Waals surface area contributed by atoms with Crippen LogP contribution in [-0.4, -0.2) is 33.7 Å². The van der Waals surface area contributed by atoms with E-state index >= 15 is 0 Å². The summed E-state index contributed by atoms with van der Waals surface area (Å²) in [6.45, 7) is 7.40. The summed E-state index contributed by atoms with van der Waals surface area (Å²) in [5, 5.41) is 10.8. The molecule has 27 heavy (non-hydrogen) atoms. The number of nitrogens with one attached hydrogen (secondary N) is 2. The average Bonchev–Trinajstić information content (AvgIpc) is 3.13. The molecule has 0 aliphatic heterocycles. The van der Waals surface area contributed by atoms with Crippen LogP contribution in [0.1, 0.15) is 36.1 Å². The van der Waals surface area contributed by atoms with Crippen LogP contribution in [0.15, 0.2) is 30.3 Å². The zero-order chi connectivity index (χ0) is 19.8. The molecule has 0 aliphatic rings. The standard InChI is InChI=1S/C19H21FN4O2S/c1-11-14-9-15(17(26)21-10-16(25)22-19(2,3)4)27-18(14)24(23-11)13-7-5-12(20)6-8-13/h5-9H,10H2,1-4H3,(H,21,26)(H,22,25). The van der Waals surface area contributed by atoms with Crippen molar-refractivity contribution >= 4 is 33.4 Å². The molecule has 0 radical (unpaired) electrons. The van der Waals surface area contributed by atoms with Gasteiger partial charge in [0.1, 0.15) is 10.6 Å². The Morgan fingerprint density at radius 2 is 1.89 bits per heavy atom. The molecule has 142 valence electrons. The molecule has 0 unspecified atom stereocenters. The van der Waals surface area contributed by atoms with Crippen molar-refractivity contribution in [3.05, 3.63) is 46.7 Å². The van der Waals surface area contributed by atoms with E-state index in [0.717, 1.165) is 15.9 Å². The highest BCUT2D eigenvalue weighted by Gasteiger charge is 2.19. The highest BCUT2D eigenvalue weighted by molar-refractivity contribution is 7.20. The van der Waals surface area contributed by atoms with Gasteiger partial charge in [-0.25, -0.2) is 9.07 Å². The van der Waals surface area contributed by atoms with Gasteiger partial charge in [0.05, 0.1) is 22.8 Å². The van der Waals surface area contributed by atoms with E-state index < -0.39 is 0 Å². The molecule has 2 N–H and O–H groups in total. The summed E-state index contributed by atoms with van der Waals surface area (Å²) in [6.07, 6.45) is 0. The normalized spacial score (nSPS) is 11.6. The van der Waals surface area contributed by atoms with Crippen LogP contribution in [0, 0.1) is 12.7 Å². The number of aromatic nitrogens is 2. The van der Waals surface area contributed by atoms with E-state index in [1.165, 1.54) is 23.5 Å². The third-order valence-corrected chi connectivity index (χ3v) is 4.87. The summed E-state index contributed by atoms with van der Waals surface area (Å²) in [6, 6.07) is 7.77. The Bertz CT molecular complexity index is 999. The lowest BCUT2D eigenvalue weighted by Gasteiger charge is -2.20. The van der Waals surface area contributed by atoms with Gasteiger partial charge in [-0.1, -0.05) is 0 Å². The monoisotopic (exact) mass is 388 g/mol. The molecule has 2 heterocycles. The first-order valence-corrected chi connectivity index (χ1v) is 9.30. The highest BCUT2D eigenvalue weighted by Crippen LogP contribution is 2.30. The molecule has 2 aromatic heterocycles. The highest BCUT2D eigenvalue weighted by atomic mass is 32.1. The predicted molar refractivity (Wildman–Crippen MR) is 104 cm³/mol. The Morgan fingerprint density at radius 3 is 2.52 bits per heavy atom. The van der Waals surface area contributed by atoms with Gasteiger partial charge in [0.25, 0.3) is 5.91 Å². The zero-order valence-corrected chi connectivity index (χ0v) is 16.4. The van der Waals surface area contributed by atoms with Gasteiger partial charge in [-0.15, -0.1) is 11.3 Å². The van der Waals surface area contributed by atoms with Gasteiger partial charge in [0.15, 0.2) is 0 Å². The van der Waals surface area contributed by atoms with Gasteiger partial charge in [0, 0.05) is 10.9 Å². The molecule has 0 fully saturated rings. The maximum atomic E-state index is 13.2. The van der Waals surface area contributed by atoms with Crippen LogP contribution in [0.5, 0.6) is 0 Å². The van der Waals surface area contributed by atoms with Crippen LogP contribution in [0.25, 0.3) is 15.9 Å². The maximum absolute atomic E-state index is 13.2. The van der Waals surface area contributed by atoms with Crippen molar-refractivity contribution in [2.24, 2.45) is 0 Å². The third kappa shape index (κ3) is 4.33. The van der Waals surface area contributed by atoms with Crippen LogP contribution in [0.3, 0.4) is 0 Å². The largest absolute Gasteiger partial charge is 0.350 e. The first kappa shape index (κ1) is 19.0. The molecule has 0 bridgehead atoms. The van der Waals surface area contributed by atoms with Gasteiger partial charge in [-0.3, -0.25) is 9.59 Å². The Morgan fingerprint density at radius 1 is 1.22 bits per heavy atom. The number of benzene rings is 1. The first-order chi connectivity index (χ1) is 12.6. The van der Waals surface area contributed by atoms with Crippen molar-refractivity contribution in [1.82, 2.24) is 20.4 Å². The Kier molecular flexibility index (Phi) is 5.01. The average molecular weight is 388 g/mol. The second-order valence-corrected chi connectivity index (χ2v) is 8.31. The number of carbonyl (C=O) groups excluding carboxylic acids is 2. The Labute approximate surface area is 160 Å². The lowest BCUT2D eigenvalue weighted by Crippen LogP contribution is -2.45. The van der Waals surface area contributed by atoms with E-state index in [1.54, 1.807) is 22.9 Å². The SMILES string of the molecule is Cc1nn(-c2ccc(F)cc2)c2sc(C(=O)NCC(=O)NC(C)(C)C)cc12. The van der Waals surface area contributed by atoms with Gasteiger partial charge < -0.3 is 10.6 Å². The molecule has 0 saturated carbocycles. The van der Waals surface area contributed by atoms with Crippen molar-refractivity contribution in [1.29, 1.82) is 0 Å². The van der Waals surface area contributed by atoms with Gasteiger partial charge in [-0.05, 0) is 58.0 Å². The molecule has 0 spiro atoms. The van der Waals surface area contributed by atoms with Crippen LogP contribution in [0.4, 0.5) is 4.39 Å². The number of rotatable bonds is 4. The lowest BCUT2D eigenvalue weighted by molar-refractivity contribution is -0.121. The molecule has 6 nitrogen and oxygen atoms in total. The molecule has 1 aromatic carbocycles. The van der Waals surface area contributed by atoms with Gasteiger partial charge in [-0.2, -0.15) is 5.10 Å². The minimum atomic E-state index is -0.352. The molecule has 3 aromatic rings. The number of nitrogens with zero attached hydrogens (tertiary/aromatic N) is 2. The molecule has 0 atom stereocenters. The topological polar surface area (TPSA) is 76.0 Å². The van der Waals surface area contributed by atoms with E-state index in [9.17, 15) is 14.0 Å². The number of hydrogen-bond acceptors (Lipinski definition) is 4. The van der Waals surface area contributed by atoms with Crippen molar-refractivity contribution < 1.29 is 14.0 Å². The fourth-order valence-electron chi connectivity index (χ4n) is 2.63. The first-order valence-electron chi connectivity index (χ1n) is 8.48. The summed E-state index contributed by atoms with van der Waals surface area (Å²) < 4.78 is 14.9. The minimum Gasteiger partial charge on any atom is -0.350 e. The number of carbonyl (C=O) groups is 2. The van der Waals surface area contributed by atoms with Crippen LogP contribution < -0.4 is 10.6 Å². The van der Waals surface area contributed by atoms with Crippen LogP contribution in [-0.2, 0) is 4.79 Å². The lowest BCUT2D eigenvalue weighted by atomic mass is 10.1. The van der Waals surface area contributed by atoms with E-state index in [-0.39, 0.29) is 29.7 Å². The summed E-state index contributed by atoms with van der Waals surface area (Å²) in [7, 11) is 0. The maximum Gasteiger partial charge on any atom is 0.261 e. The fourth-order valence-corrected chi connectivity index (χ4v) is 3.73. The van der Waals surface area contributed by atoms with Gasteiger partial charge in [0.2, 0.25) is 5.91 Å². The summed E-state index contributed by atoms with van der Waals surface area (Å²) in [4.78, 5) is 25.6. The minimum absolute atomic E-state index is 0.0899. The third-order valence-electron chi connectivity index (χ3n) is 3.76. The number of thiophene rings is 1. The fraction of sp³-hybridized carbons (Fsp3) is 0.316. The molecular formula is C19H21FN4O2S. The molecule has 3 rings (SSSR count). The van der Waals surface area contributed by atoms with Crippen LogP contribution >= 0.6 is 11.3 Å². The van der Waals surface area contributed by atoms with Crippen molar-refractivity contribution in [2.45, 2.75) is 33.2 Å². The number of fused-ring (bicyclic) bond motifs is 1. The number of aryl methyl sites for hydroxylation is 1. The summed E-state index contributed by atoms with van der Waals surface area (Å²) >= 11 is 1.28. The molecule has 0 aliphatic carbocycles. The molecular weight excluding hydrogens is 367 g/mol. The second-order valence-electron chi connectivity index (χ2n) is 7.28. The molecule has 8 heteroatoms. The van der Waals surface area contributed by atoms with E-state index in [2.05, 4.69) is 15.7 Å². The number of amides is 2. The number of hydrogen-bond donors (Lipinski definition) is 2. The van der Waals surface area contributed by atoms with E-state index in [0.29, 0.717) is 10.6 Å². The second kappa shape index (κ2) is 7.11. The van der Waals surface area contributed by atoms with Crippen molar-refractivity contribution in [3.63, 3.8) is 0 Å². The summed E-state index contributed by atoms with van der Waals surface area (Å²) in [5.74, 6) is -0.880. The Hall–Kier alpha value is -2.74. The Balaban J connectivity index is 1.80. The smallest absolute Gasteiger partial charge is 0.261 e. The quantitative estimate of drug-likeness (QED) is 0.721. The summed E-state index contributed by atoms with van der Waals surface area (Å²) in [5.41, 5.74) is 1.14. The zero-order valence-electron chi connectivity index (χ0n) is 15.6. The van der Waals surface area contributed by atoms with E-state index in [4.69, 9.17) is 0 Å².